The van der Waals surface area contributed by atoms with Crippen LogP contribution in [0.2, 0.25) is 0 Å². The van der Waals surface area contributed by atoms with Gasteiger partial charge in [-0.15, -0.1) is 0 Å². The van der Waals surface area contributed by atoms with Gasteiger partial charge in [-0.2, -0.15) is 8.75 Å². The molecule has 26 heavy (non-hydrogen) atoms. The summed E-state index contributed by atoms with van der Waals surface area (Å²) in [5.74, 6) is -0.536. The topological polar surface area (TPSA) is 118 Å². The first-order valence-electron chi connectivity index (χ1n) is 7.50. The standard InChI is InChI=1S/C16H15N3O5S2/c1-24-11-7-5-10(6-8-11)13(9-15(20)21)19-26(22,23)14-4-2-3-12-16(14)18-25-17-12/h2-8,13,19H,9H2,1H3,(H,20,21)/t13-/m0/s1. The van der Waals surface area contributed by atoms with Gasteiger partial charge in [-0.3, -0.25) is 4.79 Å². The Balaban J connectivity index is 1.97. The van der Waals surface area contributed by atoms with Crippen LogP contribution in [0.25, 0.3) is 11.0 Å². The molecule has 2 aromatic carbocycles. The van der Waals surface area contributed by atoms with Gasteiger partial charge < -0.3 is 9.84 Å². The molecule has 0 fully saturated rings. The van der Waals surface area contributed by atoms with Crippen LogP contribution in [-0.4, -0.2) is 35.4 Å². The Morgan fingerprint density at radius 1 is 1.23 bits per heavy atom. The highest BCUT2D eigenvalue weighted by Crippen LogP contribution is 2.26. The van der Waals surface area contributed by atoms with Crippen LogP contribution in [0.4, 0.5) is 0 Å². The molecular weight excluding hydrogens is 378 g/mol. The number of fused-ring (bicyclic) bond motifs is 1. The van der Waals surface area contributed by atoms with Gasteiger partial charge in [0.1, 0.15) is 21.7 Å². The van der Waals surface area contributed by atoms with Crippen LogP contribution < -0.4 is 9.46 Å². The Kier molecular flexibility index (Phi) is 5.16. The van der Waals surface area contributed by atoms with Crippen molar-refractivity contribution < 1.29 is 23.1 Å². The molecule has 1 heterocycles. The molecule has 0 aliphatic carbocycles. The van der Waals surface area contributed by atoms with Crippen molar-refractivity contribution in [3.05, 3.63) is 48.0 Å². The molecule has 3 rings (SSSR count). The molecule has 0 saturated carbocycles. The molecular formula is C16H15N3O5S2. The fourth-order valence-corrected chi connectivity index (χ4v) is 4.48. The fraction of sp³-hybridized carbons (Fsp3) is 0.188. The van der Waals surface area contributed by atoms with E-state index in [1.54, 1.807) is 36.4 Å². The summed E-state index contributed by atoms with van der Waals surface area (Å²) in [6, 6.07) is 10.2. The van der Waals surface area contributed by atoms with E-state index >= 15 is 0 Å². The summed E-state index contributed by atoms with van der Waals surface area (Å²) >= 11 is 0.913. The minimum atomic E-state index is -4.01. The number of carbonyl (C=O) groups is 1. The number of hydrogen-bond acceptors (Lipinski definition) is 7. The molecule has 0 aliphatic heterocycles. The molecule has 0 unspecified atom stereocenters. The number of carboxylic acids is 1. The molecule has 0 radical (unpaired) electrons. The zero-order chi connectivity index (χ0) is 18.7. The van der Waals surface area contributed by atoms with Gasteiger partial charge in [-0.1, -0.05) is 18.2 Å². The van der Waals surface area contributed by atoms with Crippen molar-refractivity contribution in [3.63, 3.8) is 0 Å². The molecule has 0 spiro atoms. The third kappa shape index (κ3) is 3.82. The molecule has 1 atom stereocenters. The zero-order valence-corrected chi connectivity index (χ0v) is 15.3. The highest BCUT2D eigenvalue weighted by molar-refractivity contribution is 7.89. The minimum Gasteiger partial charge on any atom is -0.497 e. The third-order valence-corrected chi connectivity index (χ3v) is 5.78. The summed E-state index contributed by atoms with van der Waals surface area (Å²) in [6.45, 7) is 0. The largest absolute Gasteiger partial charge is 0.497 e. The molecule has 2 N–H and O–H groups in total. The number of aromatic nitrogens is 2. The van der Waals surface area contributed by atoms with Gasteiger partial charge in [0.15, 0.2) is 0 Å². The van der Waals surface area contributed by atoms with E-state index in [1.807, 2.05) is 0 Å². The predicted octanol–water partition coefficient (Wildman–Crippen LogP) is 2.19. The highest BCUT2D eigenvalue weighted by atomic mass is 32.2. The number of aliphatic carboxylic acids is 1. The van der Waals surface area contributed by atoms with E-state index in [9.17, 15) is 18.3 Å². The van der Waals surface area contributed by atoms with E-state index in [0.717, 1.165) is 11.7 Å². The molecule has 0 saturated heterocycles. The van der Waals surface area contributed by atoms with E-state index in [-0.39, 0.29) is 10.4 Å². The van der Waals surface area contributed by atoms with Gasteiger partial charge in [0, 0.05) is 0 Å². The molecule has 0 aliphatic rings. The van der Waals surface area contributed by atoms with Crippen LogP contribution in [0.15, 0.2) is 47.4 Å². The van der Waals surface area contributed by atoms with E-state index in [2.05, 4.69) is 13.5 Å². The Morgan fingerprint density at radius 3 is 2.62 bits per heavy atom. The van der Waals surface area contributed by atoms with Crippen LogP contribution >= 0.6 is 11.7 Å². The molecule has 0 amide bonds. The summed E-state index contributed by atoms with van der Waals surface area (Å²) < 4.78 is 41.3. The maximum Gasteiger partial charge on any atom is 0.305 e. The van der Waals surface area contributed by atoms with Crippen LogP contribution in [0, 0.1) is 0 Å². The lowest BCUT2D eigenvalue weighted by Crippen LogP contribution is -2.30. The Bertz CT molecular complexity index is 1030. The number of ether oxygens (including phenoxy) is 1. The first-order valence-corrected chi connectivity index (χ1v) is 9.71. The van der Waals surface area contributed by atoms with Gasteiger partial charge in [0.25, 0.3) is 0 Å². The average Bonchev–Trinajstić information content (AvgIpc) is 3.09. The summed E-state index contributed by atoms with van der Waals surface area (Å²) in [5.41, 5.74) is 1.24. The monoisotopic (exact) mass is 393 g/mol. The SMILES string of the molecule is COc1ccc([C@H](CC(=O)O)NS(=O)(=O)c2cccc3nsnc23)cc1. The molecule has 0 bridgehead atoms. The van der Waals surface area contributed by atoms with Crippen molar-refractivity contribution in [2.24, 2.45) is 0 Å². The van der Waals surface area contributed by atoms with Crippen LogP contribution in [-0.2, 0) is 14.8 Å². The van der Waals surface area contributed by atoms with E-state index in [4.69, 9.17) is 4.74 Å². The van der Waals surface area contributed by atoms with E-state index < -0.39 is 28.5 Å². The van der Waals surface area contributed by atoms with Gasteiger partial charge in [0.2, 0.25) is 10.0 Å². The number of sulfonamides is 1. The Hall–Kier alpha value is -2.56. The lowest BCUT2D eigenvalue weighted by molar-refractivity contribution is -0.137. The van der Waals surface area contributed by atoms with Gasteiger partial charge in [-0.25, -0.2) is 13.1 Å². The second-order valence-corrected chi connectivity index (χ2v) is 7.64. The highest BCUT2D eigenvalue weighted by Gasteiger charge is 2.26. The number of methoxy groups -OCH3 is 1. The Morgan fingerprint density at radius 2 is 1.96 bits per heavy atom. The van der Waals surface area contributed by atoms with Crippen molar-refractivity contribution in [2.45, 2.75) is 17.4 Å². The maximum absolute atomic E-state index is 12.8. The molecule has 136 valence electrons. The van der Waals surface area contributed by atoms with E-state index in [0.29, 0.717) is 16.8 Å². The number of carboxylic acid groups (broad SMARTS) is 1. The smallest absolute Gasteiger partial charge is 0.305 e. The van der Waals surface area contributed by atoms with Gasteiger partial charge in [-0.05, 0) is 29.8 Å². The normalized spacial score (nSPS) is 12.8. The lowest BCUT2D eigenvalue weighted by Gasteiger charge is -2.18. The number of nitrogens with zero attached hydrogens (tertiary/aromatic N) is 2. The zero-order valence-electron chi connectivity index (χ0n) is 13.6. The number of hydrogen-bond donors (Lipinski definition) is 2. The third-order valence-electron chi connectivity index (χ3n) is 3.73. The van der Waals surface area contributed by atoms with Crippen molar-refractivity contribution in [3.8, 4) is 5.75 Å². The summed E-state index contributed by atoms with van der Waals surface area (Å²) in [4.78, 5) is 11.2. The lowest BCUT2D eigenvalue weighted by atomic mass is 10.0. The first-order chi connectivity index (χ1) is 12.4. The Labute approximate surface area is 153 Å². The van der Waals surface area contributed by atoms with Crippen molar-refractivity contribution in [2.75, 3.05) is 7.11 Å². The number of rotatable bonds is 7. The quantitative estimate of drug-likeness (QED) is 0.631. The van der Waals surface area contributed by atoms with Gasteiger partial charge in [0.05, 0.1) is 31.3 Å². The molecule has 1 aromatic heterocycles. The van der Waals surface area contributed by atoms with Crippen molar-refractivity contribution in [1.82, 2.24) is 13.5 Å². The second kappa shape index (κ2) is 7.36. The minimum absolute atomic E-state index is 0.0346. The average molecular weight is 393 g/mol. The van der Waals surface area contributed by atoms with Gasteiger partial charge >= 0.3 is 5.97 Å². The van der Waals surface area contributed by atoms with Crippen LogP contribution in [0.1, 0.15) is 18.0 Å². The summed E-state index contributed by atoms with van der Waals surface area (Å²) in [7, 11) is -2.50. The number of benzene rings is 2. The fourth-order valence-electron chi connectivity index (χ4n) is 2.49. The summed E-state index contributed by atoms with van der Waals surface area (Å²) in [5, 5.41) is 9.17. The summed E-state index contributed by atoms with van der Waals surface area (Å²) in [6.07, 6.45) is -0.406. The molecule has 8 nitrogen and oxygen atoms in total. The maximum atomic E-state index is 12.8. The second-order valence-electron chi connectivity index (χ2n) is 5.43. The molecule has 3 aromatic rings. The molecule has 10 heteroatoms. The van der Waals surface area contributed by atoms with Crippen molar-refractivity contribution in [1.29, 1.82) is 0 Å². The van der Waals surface area contributed by atoms with Crippen LogP contribution in [0.3, 0.4) is 0 Å². The predicted molar refractivity (Wildman–Crippen MR) is 95.7 cm³/mol. The van der Waals surface area contributed by atoms with Crippen LogP contribution in [0.5, 0.6) is 5.75 Å². The van der Waals surface area contributed by atoms with Crippen molar-refractivity contribution >= 4 is 38.8 Å². The number of nitrogens with one attached hydrogen (secondary N) is 1. The first kappa shape index (κ1) is 18.2. The van der Waals surface area contributed by atoms with E-state index in [1.165, 1.54) is 13.2 Å².